The van der Waals surface area contributed by atoms with E-state index in [1.165, 1.54) is 4.90 Å². The molecule has 0 saturated carbocycles. The smallest absolute Gasteiger partial charge is 0.328 e. The van der Waals surface area contributed by atoms with Crippen molar-refractivity contribution in [1.82, 2.24) is 20.4 Å². The van der Waals surface area contributed by atoms with Crippen LogP contribution in [0.4, 0.5) is 0 Å². The predicted molar refractivity (Wildman–Crippen MR) is 193 cm³/mol. The quantitative estimate of drug-likeness (QED) is 0.164. The van der Waals surface area contributed by atoms with Crippen LogP contribution in [0.3, 0.4) is 0 Å². The van der Waals surface area contributed by atoms with Gasteiger partial charge in [0.1, 0.15) is 18.7 Å². The van der Waals surface area contributed by atoms with Gasteiger partial charge < -0.3 is 29.7 Å². The third kappa shape index (κ3) is 15.6. The first-order chi connectivity index (χ1) is 24.3. The lowest BCUT2D eigenvalue weighted by Crippen LogP contribution is -2.52. The molecule has 12 heteroatoms. The number of nitrogens with one attached hydrogen (secondary N) is 2. The Kier molecular flexibility index (Phi) is 17.1. The molecule has 2 aromatic rings. The van der Waals surface area contributed by atoms with E-state index in [0.29, 0.717) is 45.6 Å². The van der Waals surface area contributed by atoms with E-state index in [9.17, 15) is 24.0 Å². The SMILES string of the molecule is CC(C)C[C@H](NC(=O)CCCN(COC(=O)C(C)(C)C)C(=O)[C@H](CCc1ccccc1)NC(=O)CN1CCOCC1)C(=O)OCc1ccccc1. The summed E-state index contributed by atoms with van der Waals surface area (Å²) >= 11 is 0. The second kappa shape index (κ2) is 21.2. The Hall–Kier alpha value is -4.29. The lowest BCUT2D eigenvalue weighted by Gasteiger charge is -2.30. The van der Waals surface area contributed by atoms with Crippen molar-refractivity contribution in [3.05, 3.63) is 71.8 Å². The second-order valence-corrected chi connectivity index (χ2v) is 14.4. The highest BCUT2D eigenvalue weighted by Crippen LogP contribution is 2.17. The molecule has 0 aliphatic carbocycles. The van der Waals surface area contributed by atoms with Gasteiger partial charge in [-0.2, -0.15) is 0 Å². The molecule has 0 aromatic heterocycles. The van der Waals surface area contributed by atoms with Gasteiger partial charge in [-0.05, 0) is 63.5 Å². The molecule has 0 unspecified atom stereocenters. The van der Waals surface area contributed by atoms with Crippen LogP contribution in [0.25, 0.3) is 0 Å². The Labute approximate surface area is 302 Å². The summed E-state index contributed by atoms with van der Waals surface area (Å²) in [4.78, 5) is 69.5. The van der Waals surface area contributed by atoms with Gasteiger partial charge in [-0.15, -0.1) is 0 Å². The van der Waals surface area contributed by atoms with Crippen molar-refractivity contribution in [1.29, 1.82) is 0 Å². The first-order valence-corrected chi connectivity index (χ1v) is 17.9. The number of hydrogen-bond donors (Lipinski definition) is 2. The van der Waals surface area contributed by atoms with Gasteiger partial charge in [-0.3, -0.25) is 24.1 Å². The van der Waals surface area contributed by atoms with Crippen LogP contribution in [0.2, 0.25) is 0 Å². The molecule has 2 N–H and O–H groups in total. The number of nitrogens with zero attached hydrogens (tertiary/aromatic N) is 2. The molecule has 3 rings (SSSR count). The van der Waals surface area contributed by atoms with Crippen molar-refractivity contribution in [2.45, 2.75) is 85.4 Å². The Morgan fingerprint density at radius 3 is 2.06 bits per heavy atom. The number of morpholine rings is 1. The zero-order valence-corrected chi connectivity index (χ0v) is 30.9. The number of ether oxygens (including phenoxy) is 3. The minimum atomic E-state index is -0.893. The number of esters is 2. The van der Waals surface area contributed by atoms with E-state index < -0.39 is 35.3 Å². The van der Waals surface area contributed by atoms with Crippen LogP contribution >= 0.6 is 0 Å². The lowest BCUT2D eigenvalue weighted by molar-refractivity contribution is -0.162. The zero-order chi connectivity index (χ0) is 37.2. The maximum atomic E-state index is 14.1. The fraction of sp³-hybridized carbons (Fsp3) is 0.564. The summed E-state index contributed by atoms with van der Waals surface area (Å²) < 4.78 is 16.5. The van der Waals surface area contributed by atoms with E-state index in [0.717, 1.165) is 11.1 Å². The third-order valence-corrected chi connectivity index (χ3v) is 8.33. The van der Waals surface area contributed by atoms with Gasteiger partial charge in [-0.25, -0.2) is 4.79 Å². The summed E-state index contributed by atoms with van der Waals surface area (Å²) in [5.74, 6) is -1.94. The molecule has 51 heavy (non-hydrogen) atoms. The number of amides is 3. The maximum Gasteiger partial charge on any atom is 0.328 e. The topological polar surface area (TPSA) is 144 Å². The fourth-order valence-electron chi connectivity index (χ4n) is 5.44. The highest BCUT2D eigenvalue weighted by molar-refractivity contribution is 5.89. The minimum Gasteiger partial charge on any atom is -0.459 e. The van der Waals surface area contributed by atoms with E-state index >= 15 is 0 Å². The van der Waals surface area contributed by atoms with Crippen LogP contribution in [0.1, 0.15) is 71.4 Å². The van der Waals surface area contributed by atoms with Crippen LogP contribution < -0.4 is 10.6 Å². The van der Waals surface area contributed by atoms with E-state index in [-0.39, 0.29) is 57.0 Å². The number of carbonyl (C=O) groups excluding carboxylic acids is 5. The Morgan fingerprint density at radius 1 is 0.843 bits per heavy atom. The van der Waals surface area contributed by atoms with Crippen LogP contribution in [0.5, 0.6) is 0 Å². The molecular weight excluding hydrogens is 652 g/mol. The number of aryl methyl sites for hydroxylation is 1. The fourth-order valence-corrected chi connectivity index (χ4v) is 5.44. The highest BCUT2D eigenvalue weighted by atomic mass is 16.5. The summed E-state index contributed by atoms with van der Waals surface area (Å²) in [6.45, 7) is 11.4. The molecule has 12 nitrogen and oxygen atoms in total. The molecule has 2 atom stereocenters. The van der Waals surface area contributed by atoms with E-state index in [4.69, 9.17) is 14.2 Å². The normalized spacial score (nSPS) is 14.6. The standard InChI is InChI=1S/C39H56N4O8/c1-29(2)25-33(37(47)50-27-31-15-10-7-11-16-31)41-34(44)17-12-20-43(28-51-38(48)39(3,4)5)36(46)32(19-18-30-13-8-6-9-14-30)40-35(45)26-42-21-23-49-24-22-42/h6-11,13-16,29,32-33H,12,17-28H2,1-5H3,(H,40,45)(H,41,44)/t32-,33-/m0/s1. The third-order valence-electron chi connectivity index (χ3n) is 8.33. The Morgan fingerprint density at radius 2 is 1.45 bits per heavy atom. The molecule has 280 valence electrons. The summed E-state index contributed by atoms with van der Waals surface area (Å²) in [6.07, 6.45) is 1.50. The monoisotopic (exact) mass is 708 g/mol. The van der Waals surface area contributed by atoms with Crippen molar-refractivity contribution in [3.63, 3.8) is 0 Å². The minimum absolute atomic E-state index is 0.00955. The van der Waals surface area contributed by atoms with Gasteiger partial charge in [0.25, 0.3) is 0 Å². The van der Waals surface area contributed by atoms with E-state index in [1.807, 2.05) is 79.4 Å². The van der Waals surface area contributed by atoms with Crippen LogP contribution in [0.15, 0.2) is 60.7 Å². The van der Waals surface area contributed by atoms with Crippen molar-refractivity contribution in [2.24, 2.45) is 11.3 Å². The van der Waals surface area contributed by atoms with Crippen molar-refractivity contribution in [2.75, 3.05) is 46.1 Å². The van der Waals surface area contributed by atoms with E-state index in [2.05, 4.69) is 10.6 Å². The van der Waals surface area contributed by atoms with Gasteiger partial charge in [0, 0.05) is 26.1 Å². The maximum absolute atomic E-state index is 14.1. The molecule has 3 amide bonds. The molecule has 1 heterocycles. The summed E-state index contributed by atoms with van der Waals surface area (Å²) in [7, 11) is 0. The molecule has 2 aromatic carbocycles. The van der Waals surface area contributed by atoms with Crippen molar-refractivity contribution >= 4 is 29.7 Å². The van der Waals surface area contributed by atoms with Gasteiger partial charge in [0.15, 0.2) is 6.73 Å². The highest BCUT2D eigenvalue weighted by Gasteiger charge is 2.30. The van der Waals surface area contributed by atoms with Crippen LogP contribution in [-0.4, -0.2) is 97.7 Å². The largest absolute Gasteiger partial charge is 0.459 e. The molecule has 0 bridgehead atoms. The summed E-state index contributed by atoms with van der Waals surface area (Å²) in [5.41, 5.74) is 1.06. The van der Waals surface area contributed by atoms with Gasteiger partial charge >= 0.3 is 11.9 Å². The van der Waals surface area contributed by atoms with Gasteiger partial charge in [-0.1, -0.05) is 74.5 Å². The molecule has 1 aliphatic rings. The molecular formula is C39H56N4O8. The molecule has 1 fully saturated rings. The van der Waals surface area contributed by atoms with Crippen LogP contribution in [0, 0.1) is 11.3 Å². The average molecular weight is 709 g/mol. The molecule has 1 saturated heterocycles. The average Bonchev–Trinajstić information content (AvgIpc) is 3.10. The van der Waals surface area contributed by atoms with Gasteiger partial charge in [0.2, 0.25) is 17.7 Å². The first-order valence-electron chi connectivity index (χ1n) is 17.9. The summed E-state index contributed by atoms with van der Waals surface area (Å²) in [6, 6.07) is 17.3. The number of carbonyl (C=O) groups is 5. The molecule has 1 aliphatic heterocycles. The lowest BCUT2D eigenvalue weighted by atomic mass is 9.97. The number of benzene rings is 2. The summed E-state index contributed by atoms with van der Waals surface area (Å²) in [5, 5.41) is 5.74. The second-order valence-electron chi connectivity index (χ2n) is 14.4. The first kappa shape index (κ1) is 41.1. The van der Waals surface area contributed by atoms with Gasteiger partial charge in [0.05, 0.1) is 25.2 Å². The van der Waals surface area contributed by atoms with Crippen molar-refractivity contribution in [3.8, 4) is 0 Å². The predicted octanol–water partition coefficient (Wildman–Crippen LogP) is 3.87. The van der Waals surface area contributed by atoms with Crippen LogP contribution in [-0.2, 0) is 51.2 Å². The molecule has 0 spiro atoms. The number of rotatable bonds is 19. The van der Waals surface area contributed by atoms with Crippen molar-refractivity contribution < 1.29 is 38.2 Å². The Bertz CT molecular complexity index is 1390. The Balaban J connectivity index is 1.68. The van der Waals surface area contributed by atoms with E-state index in [1.54, 1.807) is 20.8 Å². The zero-order valence-electron chi connectivity index (χ0n) is 30.9. The number of hydrogen-bond acceptors (Lipinski definition) is 9. The molecule has 0 radical (unpaired) electrons.